The van der Waals surface area contributed by atoms with Gasteiger partial charge in [-0.2, -0.15) is 0 Å². The van der Waals surface area contributed by atoms with E-state index in [0.29, 0.717) is 18.4 Å². The molecule has 4 nitrogen and oxygen atoms in total. The summed E-state index contributed by atoms with van der Waals surface area (Å²) in [6.45, 7) is 11.9. The van der Waals surface area contributed by atoms with E-state index in [1.165, 1.54) is 4.57 Å². The normalized spacial score (nSPS) is 12.8. The van der Waals surface area contributed by atoms with Crippen LogP contribution in [0.4, 0.5) is 0 Å². The van der Waals surface area contributed by atoms with Crippen LogP contribution in [0.5, 0.6) is 0 Å². The Bertz CT molecular complexity index is 577. The van der Waals surface area contributed by atoms with Gasteiger partial charge in [0.2, 0.25) is 0 Å². The number of halogens is 1. The van der Waals surface area contributed by atoms with E-state index < -0.39 is 11.2 Å². The summed E-state index contributed by atoms with van der Waals surface area (Å²) in [6, 6.07) is 0. The van der Waals surface area contributed by atoms with E-state index in [1.54, 1.807) is 0 Å². The summed E-state index contributed by atoms with van der Waals surface area (Å²) >= 11 is 5.92. The number of aromatic nitrogens is 2. The highest BCUT2D eigenvalue weighted by Gasteiger charge is 2.30. The van der Waals surface area contributed by atoms with Gasteiger partial charge in [-0.3, -0.25) is 14.3 Å². The van der Waals surface area contributed by atoms with Gasteiger partial charge in [0, 0.05) is 5.54 Å². The Morgan fingerprint density at radius 3 is 2.11 bits per heavy atom. The zero-order chi connectivity index (χ0) is 15.0. The average molecular weight is 287 g/mol. The number of hydrogen-bond acceptors (Lipinski definition) is 2. The second-order valence-electron chi connectivity index (χ2n) is 6.77. The number of nitrogens with zero attached hydrogens (tertiary/aromatic N) is 1. The van der Waals surface area contributed by atoms with Gasteiger partial charge in [-0.15, -0.1) is 0 Å². The standard InChI is InChI=1S/C14H23ClN2O2/c1-7-9-10(15)16-12(19)17(11(9)18)14(5,6)8-13(2,3)4/h7-8H2,1-6H3,(H,16,19). The molecule has 0 saturated heterocycles. The second kappa shape index (κ2) is 5.16. The summed E-state index contributed by atoms with van der Waals surface area (Å²) in [6.07, 6.45) is 1.22. The largest absolute Gasteiger partial charge is 0.329 e. The molecule has 1 heterocycles. The Hall–Kier alpha value is -1.03. The predicted molar refractivity (Wildman–Crippen MR) is 79.1 cm³/mol. The molecular formula is C14H23ClN2O2. The molecule has 0 aromatic carbocycles. The smallest absolute Gasteiger partial charge is 0.297 e. The molecule has 0 bridgehead atoms. The van der Waals surface area contributed by atoms with Crippen LogP contribution in [0.15, 0.2) is 9.59 Å². The molecule has 0 aliphatic rings. The van der Waals surface area contributed by atoms with Crippen LogP contribution in [0.3, 0.4) is 0 Å². The third kappa shape index (κ3) is 3.50. The van der Waals surface area contributed by atoms with Crippen molar-refractivity contribution in [2.45, 2.75) is 59.9 Å². The maximum atomic E-state index is 12.4. The predicted octanol–water partition coefficient (Wildman–Crippen LogP) is 2.92. The van der Waals surface area contributed by atoms with Crippen LogP contribution in [0.2, 0.25) is 5.15 Å². The first-order valence-electron chi connectivity index (χ1n) is 6.54. The van der Waals surface area contributed by atoms with Gasteiger partial charge in [0.1, 0.15) is 5.15 Å². The van der Waals surface area contributed by atoms with E-state index in [9.17, 15) is 9.59 Å². The van der Waals surface area contributed by atoms with Crippen LogP contribution in [0.25, 0.3) is 0 Å². The van der Waals surface area contributed by atoms with E-state index in [1.807, 2.05) is 20.8 Å². The molecule has 0 spiro atoms. The van der Waals surface area contributed by atoms with Gasteiger partial charge >= 0.3 is 5.69 Å². The lowest BCUT2D eigenvalue weighted by molar-refractivity contribution is 0.203. The average Bonchev–Trinajstić information content (AvgIpc) is 2.11. The molecular weight excluding hydrogens is 264 g/mol. The number of H-pyrrole nitrogens is 1. The molecule has 0 radical (unpaired) electrons. The molecule has 0 atom stereocenters. The SMILES string of the molecule is CCc1c(Cl)[nH]c(=O)n(C(C)(C)CC(C)(C)C)c1=O. The van der Waals surface area contributed by atoms with Crippen molar-refractivity contribution in [2.75, 3.05) is 0 Å². The van der Waals surface area contributed by atoms with Gasteiger partial charge in [-0.05, 0) is 32.1 Å². The summed E-state index contributed by atoms with van der Waals surface area (Å²) in [4.78, 5) is 27.1. The Morgan fingerprint density at radius 1 is 1.16 bits per heavy atom. The summed E-state index contributed by atoms with van der Waals surface area (Å²) in [7, 11) is 0. The molecule has 1 N–H and O–H groups in total. The fraction of sp³-hybridized carbons (Fsp3) is 0.714. The van der Waals surface area contributed by atoms with Crippen LogP contribution in [-0.4, -0.2) is 9.55 Å². The minimum atomic E-state index is -0.558. The van der Waals surface area contributed by atoms with Crippen molar-refractivity contribution < 1.29 is 0 Å². The van der Waals surface area contributed by atoms with Gasteiger partial charge in [0.25, 0.3) is 5.56 Å². The van der Waals surface area contributed by atoms with Crippen LogP contribution in [0, 0.1) is 5.41 Å². The molecule has 108 valence electrons. The number of nitrogens with one attached hydrogen (secondary N) is 1. The molecule has 0 saturated carbocycles. The first-order chi connectivity index (χ1) is 8.49. The molecule has 0 aliphatic heterocycles. The fourth-order valence-electron chi connectivity index (χ4n) is 2.78. The van der Waals surface area contributed by atoms with Crippen molar-refractivity contribution in [3.63, 3.8) is 0 Å². The first-order valence-corrected chi connectivity index (χ1v) is 6.91. The highest BCUT2D eigenvalue weighted by molar-refractivity contribution is 6.30. The van der Waals surface area contributed by atoms with Gasteiger partial charge in [0.15, 0.2) is 0 Å². The summed E-state index contributed by atoms with van der Waals surface area (Å²) in [5.74, 6) is 0. The summed E-state index contributed by atoms with van der Waals surface area (Å²) in [5, 5.41) is 0.153. The van der Waals surface area contributed by atoms with Crippen LogP contribution < -0.4 is 11.2 Å². The lowest BCUT2D eigenvalue weighted by atomic mass is 9.81. The molecule has 0 amide bonds. The summed E-state index contributed by atoms with van der Waals surface area (Å²) in [5.41, 5.74) is -0.811. The maximum absolute atomic E-state index is 12.4. The highest BCUT2D eigenvalue weighted by Crippen LogP contribution is 2.30. The molecule has 1 rings (SSSR count). The van der Waals surface area contributed by atoms with Gasteiger partial charge < -0.3 is 0 Å². The van der Waals surface area contributed by atoms with Gasteiger partial charge in [-0.1, -0.05) is 39.3 Å². The van der Waals surface area contributed by atoms with Crippen molar-refractivity contribution in [1.29, 1.82) is 0 Å². The third-order valence-corrected chi connectivity index (χ3v) is 3.39. The minimum absolute atomic E-state index is 0.0153. The first kappa shape index (κ1) is 16.0. The second-order valence-corrected chi connectivity index (χ2v) is 7.14. The fourth-order valence-corrected chi connectivity index (χ4v) is 3.07. The molecule has 1 aromatic heterocycles. The van der Waals surface area contributed by atoms with Crippen LogP contribution in [-0.2, 0) is 12.0 Å². The van der Waals surface area contributed by atoms with E-state index in [2.05, 4.69) is 25.8 Å². The Kier molecular flexibility index (Phi) is 4.35. The van der Waals surface area contributed by atoms with Crippen molar-refractivity contribution in [3.8, 4) is 0 Å². The molecule has 5 heteroatoms. The zero-order valence-corrected chi connectivity index (χ0v) is 13.3. The maximum Gasteiger partial charge on any atom is 0.329 e. The molecule has 1 aromatic rings. The van der Waals surface area contributed by atoms with E-state index in [-0.39, 0.29) is 16.1 Å². The van der Waals surface area contributed by atoms with E-state index in [0.717, 1.165) is 0 Å². The zero-order valence-electron chi connectivity index (χ0n) is 12.6. The molecule has 0 unspecified atom stereocenters. The van der Waals surface area contributed by atoms with Crippen LogP contribution >= 0.6 is 11.6 Å². The van der Waals surface area contributed by atoms with Gasteiger partial charge in [0.05, 0.1) is 5.56 Å². The van der Waals surface area contributed by atoms with Crippen LogP contribution in [0.1, 0.15) is 53.5 Å². The third-order valence-electron chi connectivity index (χ3n) is 3.07. The van der Waals surface area contributed by atoms with Crippen molar-refractivity contribution >= 4 is 11.6 Å². The molecule has 19 heavy (non-hydrogen) atoms. The lowest BCUT2D eigenvalue weighted by Crippen LogP contribution is -2.49. The monoisotopic (exact) mass is 286 g/mol. The molecule has 0 fully saturated rings. The quantitative estimate of drug-likeness (QED) is 0.869. The van der Waals surface area contributed by atoms with Crippen molar-refractivity contribution in [3.05, 3.63) is 31.6 Å². The van der Waals surface area contributed by atoms with Crippen molar-refractivity contribution in [1.82, 2.24) is 9.55 Å². The highest BCUT2D eigenvalue weighted by atomic mass is 35.5. The number of hydrogen-bond donors (Lipinski definition) is 1. The van der Waals surface area contributed by atoms with Gasteiger partial charge in [-0.25, -0.2) is 4.79 Å². The Labute approximate surface area is 118 Å². The lowest BCUT2D eigenvalue weighted by Gasteiger charge is -2.33. The van der Waals surface area contributed by atoms with E-state index in [4.69, 9.17) is 11.6 Å². The Morgan fingerprint density at radius 2 is 1.68 bits per heavy atom. The molecule has 0 aliphatic carbocycles. The number of rotatable bonds is 3. The van der Waals surface area contributed by atoms with E-state index >= 15 is 0 Å². The van der Waals surface area contributed by atoms with Crippen molar-refractivity contribution in [2.24, 2.45) is 5.41 Å². The topological polar surface area (TPSA) is 54.9 Å². The number of aromatic amines is 1. The Balaban J connectivity index is 3.51. The summed E-state index contributed by atoms with van der Waals surface area (Å²) < 4.78 is 1.29. The minimum Gasteiger partial charge on any atom is -0.297 e.